The van der Waals surface area contributed by atoms with Crippen molar-refractivity contribution >= 4 is 22.4 Å². The molecule has 3 rings (SSSR count). The summed E-state index contributed by atoms with van der Waals surface area (Å²) in [6.45, 7) is 7.19. The lowest BCUT2D eigenvalue weighted by Crippen LogP contribution is -2.23. The van der Waals surface area contributed by atoms with E-state index in [0.717, 1.165) is 28.4 Å². The standard InChI is InChI=1S/C16H20N4S/c1-10(16-11(2)21-12(3)17-16)20(4)9-15-18-13-7-5-6-8-14(13)19-15/h5-8,10H,9H2,1-4H3,(H,18,19)/t10-/m0/s1. The SMILES string of the molecule is Cc1nc([C@H](C)N(C)Cc2nc3ccccc3[nH]2)c(C)s1. The molecule has 0 aliphatic heterocycles. The first-order valence-electron chi connectivity index (χ1n) is 7.12. The number of aryl methyl sites for hydroxylation is 2. The van der Waals surface area contributed by atoms with Crippen molar-refractivity contribution in [2.24, 2.45) is 0 Å². The Bertz CT molecular complexity index is 726. The van der Waals surface area contributed by atoms with Crippen molar-refractivity contribution in [3.05, 3.63) is 45.7 Å². The first-order chi connectivity index (χ1) is 10.0. The molecular weight excluding hydrogens is 280 g/mol. The highest BCUT2D eigenvalue weighted by atomic mass is 32.1. The normalized spacial score (nSPS) is 13.2. The smallest absolute Gasteiger partial charge is 0.121 e. The molecular formula is C16H20N4S. The van der Waals surface area contributed by atoms with E-state index in [2.05, 4.69) is 53.7 Å². The Morgan fingerprint density at radius 2 is 2.00 bits per heavy atom. The largest absolute Gasteiger partial charge is 0.341 e. The molecule has 0 unspecified atom stereocenters. The summed E-state index contributed by atoms with van der Waals surface area (Å²) in [7, 11) is 2.12. The molecule has 0 saturated heterocycles. The second-order valence-corrected chi connectivity index (χ2v) is 6.87. The third kappa shape index (κ3) is 2.84. The minimum absolute atomic E-state index is 0.281. The highest BCUT2D eigenvalue weighted by Gasteiger charge is 2.18. The summed E-state index contributed by atoms with van der Waals surface area (Å²) in [5, 5.41) is 1.13. The minimum atomic E-state index is 0.281. The quantitative estimate of drug-likeness (QED) is 0.796. The summed E-state index contributed by atoms with van der Waals surface area (Å²) in [4.78, 5) is 16.3. The van der Waals surface area contributed by atoms with E-state index in [0.29, 0.717) is 0 Å². The molecule has 0 aliphatic carbocycles. The van der Waals surface area contributed by atoms with Gasteiger partial charge >= 0.3 is 0 Å². The monoisotopic (exact) mass is 300 g/mol. The lowest BCUT2D eigenvalue weighted by atomic mass is 10.2. The Kier molecular flexibility index (Phi) is 3.78. The number of imidazole rings is 1. The van der Waals surface area contributed by atoms with Gasteiger partial charge in [0, 0.05) is 4.88 Å². The molecule has 0 spiro atoms. The molecule has 0 aliphatic rings. The summed E-state index contributed by atoms with van der Waals surface area (Å²) in [6, 6.07) is 8.41. The van der Waals surface area contributed by atoms with Crippen molar-refractivity contribution in [2.75, 3.05) is 7.05 Å². The molecule has 2 heterocycles. The zero-order valence-electron chi connectivity index (χ0n) is 12.8. The number of fused-ring (bicyclic) bond motifs is 1. The van der Waals surface area contributed by atoms with E-state index < -0.39 is 0 Å². The minimum Gasteiger partial charge on any atom is -0.341 e. The maximum atomic E-state index is 4.66. The lowest BCUT2D eigenvalue weighted by molar-refractivity contribution is 0.243. The summed E-state index contributed by atoms with van der Waals surface area (Å²) >= 11 is 1.76. The Hall–Kier alpha value is -1.72. The molecule has 1 N–H and O–H groups in total. The second kappa shape index (κ2) is 5.58. The molecule has 4 nitrogen and oxygen atoms in total. The van der Waals surface area contributed by atoms with Crippen molar-refractivity contribution in [3.63, 3.8) is 0 Å². The van der Waals surface area contributed by atoms with E-state index in [-0.39, 0.29) is 6.04 Å². The van der Waals surface area contributed by atoms with E-state index in [9.17, 15) is 0 Å². The number of rotatable bonds is 4. The topological polar surface area (TPSA) is 44.8 Å². The highest BCUT2D eigenvalue weighted by Crippen LogP contribution is 2.26. The number of hydrogen-bond donors (Lipinski definition) is 1. The molecule has 21 heavy (non-hydrogen) atoms. The fourth-order valence-electron chi connectivity index (χ4n) is 2.60. The van der Waals surface area contributed by atoms with Gasteiger partial charge in [0.15, 0.2) is 0 Å². The van der Waals surface area contributed by atoms with Gasteiger partial charge in [0.2, 0.25) is 0 Å². The van der Waals surface area contributed by atoms with Gasteiger partial charge in [-0.2, -0.15) is 0 Å². The number of hydrogen-bond acceptors (Lipinski definition) is 4. The van der Waals surface area contributed by atoms with Crippen molar-refractivity contribution in [1.29, 1.82) is 0 Å². The van der Waals surface area contributed by atoms with Crippen LogP contribution in [0.4, 0.5) is 0 Å². The number of nitrogens with one attached hydrogen (secondary N) is 1. The van der Waals surface area contributed by atoms with Crippen LogP contribution in [-0.2, 0) is 6.54 Å². The van der Waals surface area contributed by atoms with Crippen LogP contribution in [0.15, 0.2) is 24.3 Å². The Labute approximate surface area is 128 Å². The van der Waals surface area contributed by atoms with Gasteiger partial charge in [-0.3, -0.25) is 4.90 Å². The van der Waals surface area contributed by atoms with Crippen LogP contribution in [0.3, 0.4) is 0 Å². The zero-order chi connectivity index (χ0) is 15.0. The van der Waals surface area contributed by atoms with Crippen molar-refractivity contribution in [3.8, 4) is 0 Å². The summed E-state index contributed by atoms with van der Waals surface area (Å²) < 4.78 is 0. The molecule has 0 amide bonds. The van der Waals surface area contributed by atoms with E-state index in [1.54, 1.807) is 11.3 Å². The number of aromatic nitrogens is 3. The predicted octanol–water partition coefficient (Wildman–Crippen LogP) is 3.83. The Morgan fingerprint density at radius 1 is 1.24 bits per heavy atom. The molecule has 2 aromatic heterocycles. The highest BCUT2D eigenvalue weighted by molar-refractivity contribution is 7.11. The van der Waals surface area contributed by atoms with Crippen LogP contribution in [0.25, 0.3) is 11.0 Å². The third-order valence-electron chi connectivity index (χ3n) is 3.83. The van der Waals surface area contributed by atoms with Crippen LogP contribution in [0.5, 0.6) is 0 Å². The van der Waals surface area contributed by atoms with Crippen LogP contribution >= 0.6 is 11.3 Å². The first-order valence-corrected chi connectivity index (χ1v) is 7.94. The summed E-state index contributed by atoms with van der Waals surface area (Å²) in [5.41, 5.74) is 3.29. The molecule has 0 fully saturated rings. The van der Waals surface area contributed by atoms with Gasteiger partial charge in [-0.05, 0) is 40.0 Å². The first kappa shape index (κ1) is 14.2. The fraction of sp³-hybridized carbons (Fsp3) is 0.375. The number of para-hydroxylation sites is 2. The van der Waals surface area contributed by atoms with Crippen LogP contribution in [0.1, 0.15) is 34.4 Å². The van der Waals surface area contributed by atoms with Gasteiger partial charge in [-0.15, -0.1) is 11.3 Å². The summed E-state index contributed by atoms with van der Waals surface area (Å²) in [6.07, 6.45) is 0. The Morgan fingerprint density at radius 3 is 2.67 bits per heavy atom. The van der Waals surface area contributed by atoms with Crippen LogP contribution < -0.4 is 0 Å². The number of aromatic amines is 1. The molecule has 0 bridgehead atoms. The third-order valence-corrected chi connectivity index (χ3v) is 4.74. The average Bonchev–Trinajstić information content (AvgIpc) is 3.00. The van der Waals surface area contributed by atoms with Crippen molar-refractivity contribution in [2.45, 2.75) is 33.4 Å². The molecule has 110 valence electrons. The van der Waals surface area contributed by atoms with Gasteiger partial charge in [0.05, 0.1) is 34.3 Å². The molecule has 0 saturated carbocycles. The van der Waals surface area contributed by atoms with Gasteiger partial charge in [-0.25, -0.2) is 9.97 Å². The number of benzene rings is 1. The molecule has 1 atom stereocenters. The van der Waals surface area contributed by atoms with E-state index in [4.69, 9.17) is 0 Å². The van der Waals surface area contributed by atoms with Crippen LogP contribution in [0, 0.1) is 13.8 Å². The van der Waals surface area contributed by atoms with E-state index in [1.165, 1.54) is 10.6 Å². The predicted molar refractivity (Wildman–Crippen MR) is 87.6 cm³/mol. The van der Waals surface area contributed by atoms with Crippen LogP contribution in [0.2, 0.25) is 0 Å². The maximum Gasteiger partial charge on any atom is 0.121 e. The van der Waals surface area contributed by atoms with Gasteiger partial charge < -0.3 is 4.98 Å². The Balaban J connectivity index is 1.79. The van der Waals surface area contributed by atoms with E-state index in [1.807, 2.05) is 18.2 Å². The second-order valence-electron chi connectivity index (χ2n) is 5.47. The van der Waals surface area contributed by atoms with E-state index >= 15 is 0 Å². The molecule has 1 aromatic carbocycles. The van der Waals surface area contributed by atoms with Crippen LogP contribution in [-0.4, -0.2) is 26.9 Å². The fourth-order valence-corrected chi connectivity index (χ4v) is 3.50. The summed E-state index contributed by atoms with van der Waals surface area (Å²) in [5.74, 6) is 0.996. The lowest BCUT2D eigenvalue weighted by Gasteiger charge is -2.22. The van der Waals surface area contributed by atoms with Gasteiger partial charge in [0.1, 0.15) is 5.82 Å². The van der Waals surface area contributed by atoms with Gasteiger partial charge in [0.25, 0.3) is 0 Å². The zero-order valence-corrected chi connectivity index (χ0v) is 13.7. The van der Waals surface area contributed by atoms with Crippen molar-refractivity contribution in [1.82, 2.24) is 19.9 Å². The molecule has 5 heteroatoms. The van der Waals surface area contributed by atoms with Gasteiger partial charge in [-0.1, -0.05) is 12.1 Å². The number of thiazole rings is 1. The maximum absolute atomic E-state index is 4.66. The van der Waals surface area contributed by atoms with Crippen molar-refractivity contribution < 1.29 is 0 Å². The molecule has 0 radical (unpaired) electrons. The number of H-pyrrole nitrogens is 1. The molecule has 3 aromatic rings. The number of nitrogens with zero attached hydrogens (tertiary/aromatic N) is 3. The average molecular weight is 300 g/mol.